The summed E-state index contributed by atoms with van der Waals surface area (Å²) >= 11 is 0. The Morgan fingerprint density at radius 1 is 1.11 bits per heavy atom. The number of hydrogen-bond donors (Lipinski definition) is 3. The molecule has 0 aliphatic carbocycles. The minimum atomic E-state index is -0.235. The van der Waals surface area contributed by atoms with Gasteiger partial charge in [-0.15, -0.1) is 12.4 Å². The van der Waals surface area contributed by atoms with Crippen molar-refractivity contribution in [1.29, 1.82) is 0 Å². The summed E-state index contributed by atoms with van der Waals surface area (Å²) in [6, 6.07) is 12.1. The van der Waals surface area contributed by atoms with E-state index < -0.39 is 0 Å². The van der Waals surface area contributed by atoms with Gasteiger partial charge in [-0.25, -0.2) is 0 Å². The predicted molar refractivity (Wildman–Crippen MR) is 112 cm³/mol. The molecule has 0 radical (unpaired) electrons. The van der Waals surface area contributed by atoms with Crippen molar-refractivity contribution in [3.05, 3.63) is 81.3 Å². The molecule has 7 heteroatoms. The van der Waals surface area contributed by atoms with Gasteiger partial charge in [0.05, 0.1) is 12.6 Å². The van der Waals surface area contributed by atoms with Crippen LogP contribution in [-0.4, -0.2) is 23.2 Å². The fourth-order valence-corrected chi connectivity index (χ4v) is 3.16. The smallest absolute Gasteiger partial charge is 0.255 e. The number of aromatic amines is 1. The predicted octanol–water partition coefficient (Wildman–Crippen LogP) is 2.63. The maximum atomic E-state index is 13.1. The van der Waals surface area contributed by atoms with Crippen LogP contribution < -0.4 is 16.6 Å². The molecule has 0 unspecified atom stereocenters. The number of ketones is 1. The van der Waals surface area contributed by atoms with Crippen molar-refractivity contribution in [2.75, 3.05) is 6.54 Å². The van der Waals surface area contributed by atoms with Crippen LogP contribution in [0, 0.1) is 6.92 Å². The number of nitrogens with one attached hydrogen (secondary N) is 2. The van der Waals surface area contributed by atoms with Crippen LogP contribution in [0.4, 0.5) is 0 Å². The molecule has 0 saturated heterocycles. The first-order valence-electron chi connectivity index (χ1n) is 8.67. The molecule has 0 fully saturated rings. The Bertz CT molecular complexity index is 1090. The molecule has 0 saturated carbocycles. The van der Waals surface area contributed by atoms with Gasteiger partial charge in [0.1, 0.15) is 0 Å². The zero-order valence-electron chi connectivity index (χ0n) is 15.6. The Balaban J connectivity index is 0.00000280. The van der Waals surface area contributed by atoms with Crippen molar-refractivity contribution in [3.8, 4) is 0 Å². The van der Waals surface area contributed by atoms with E-state index in [2.05, 4.69) is 10.3 Å². The minimum absolute atomic E-state index is 0. The van der Waals surface area contributed by atoms with E-state index in [4.69, 9.17) is 5.73 Å². The van der Waals surface area contributed by atoms with Gasteiger partial charge < -0.3 is 16.0 Å². The number of benzene rings is 2. The van der Waals surface area contributed by atoms with E-state index >= 15 is 0 Å². The molecule has 146 valence electrons. The maximum absolute atomic E-state index is 13.1. The zero-order chi connectivity index (χ0) is 19.6. The molecule has 3 rings (SSSR count). The van der Waals surface area contributed by atoms with Crippen LogP contribution in [0.3, 0.4) is 0 Å². The molecular weight excluding hydrogens is 378 g/mol. The van der Waals surface area contributed by atoms with Crippen molar-refractivity contribution in [2.45, 2.75) is 19.9 Å². The summed E-state index contributed by atoms with van der Waals surface area (Å²) in [4.78, 5) is 39.2. The van der Waals surface area contributed by atoms with Crippen LogP contribution in [0.5, 0.6) is 0 Å². The second kappa shape index (κ2) is 8.82. The van der Waals surface area contributed by atoms with E-state index in [0.29, 0.717) is 21.9 Å². The summed E-state index contributed by atoms with van der Waals surface area (Å²) in [5.74, 6) is -0.379. The lowest BCUT2D eigenvalue weighted by Crippen LogP contribution is -2.32. The van der Waals surface area contributed by atoms with Crippen molar-refractivity contribution in [2.24, 2.45) is 5.73 Å². The molecular formula is C21H22ClN3O3. The Morgan fingerprint density at radius 3 is 2.54 bits per heavy atom. The maximum Gasteiger partial charge on any atom is 0.255 e. The van der Waals surface area contributed by atoms with Gasteiger partial charge in [-0.3, -0.25) is 14.4 Å². The number of rotatable bonds is 5. The molecule has 1 atom stereocenters. The van der Waals surface area contributed by atoms with Gasteiger partial charge in [0.15, 0.2) is 5.78 Å². The van der Waals surface area contributed by atoms with Crippen molar-refractivity contribution in [3.63, 3.8) is 0 Å². The highest BCUT2D eigenvalue weighted by atomic mass is 35.5. The minimum Gasteiger partial charge on any atom is -0.348 e. The Morgan fingerprint density at radius 2 is 1.86 bits per heavy atom. The number of amides is 1. The number of hydrogen-bond acceptors (Lipinski definition) is 4. The number of fused-ring (bicyclic) bond motifs is 1. The topological polar surface area (TPSA) is 105 Å². The molecule has 1 aromatic heterocycles. The number of carbonyl (C=O) groups excluding carboxylic acids is 2. The molecule has 0 aliphatic heterocycles. The number of halogens is 1. The summed E-state index contributed by atoms with van der Waals surface area (Å²) < 4.78 is 0. The Labute approximate surface area is 168 Å². The summed E-state index contributed by atoms with van der Waals surface area (Å²) in [6.07, 6.45) is 1.54. The summed E-state index contributed by atoms with van der Waals surface area (Å²) in [7, 11) is 0. The molecule has 0 bridgehead atoms. The quantitative estimate of drug-likeness (QED) is 0.573. The summed E-state index contributed by atoms with van der Waals surface area (Å²) in [5, 5.41) is 3.90. The normalized spacial score (nSPS) is 11.5. The largest absolute Gasteiger partial charge is 0.348 e. The van der Waals surface area contributed by atoms with E-state index in [1.807, 2.05) is 26.0 Å². The van der Waals surface area contributed by atoms with E-state index in [1.54, 1.807) is 36.5 Å². The van der Waals surface area contributed by atoms with Gasteiger partial charge in [-0.2, -0.15) is 0 Å². The Kier molecular flexibility index (Phi) is 6.72. The summed E-state index contributed by atoms with van der Waals surface area (Å²) in [5.41, 5.74) is 7.84. The standard InChI is InChI=1S/C21H21N3O3.ClH/c1-12-10-14(13(2)24-19(25)11-22)6-7-15(12)20(26)17-4-3-5-18-16(17)8-9-23-21(18)27;/h3-10,13H,11,22H2,1-2H3,(H,23,27)(H,24,25);1H/t13-;/m0./s1. The van der Waals surface area contributed by atoms with Crippen LogP contribution in [0.25, 0.3) is 10.8 Å². The van der Waals surface area contributed by atoms with Gasteiger partial charge in [0.25, 0.3) is 5.56 Å². The molecule has 1 amide bonds. The molecule has 4 N–H and O–H groups in total. The van der Waals surface area contributed by atoms with Crippen molar-refractivity contribution in [1.82, 2.24) is 10.3 Å². The average Bonchev–Trinajstić information content (AvgIpc) is 2.67. The monoisotopic (exact) mass is 399 g/mol. The molecule has 3 aromatic rings. The first-order valence-corrected chi connectivity index (χ1v) is 8.67. The van der Waals surface area contributed by atoms with Crippen molar-refractivity contribution < 1.29 is 9.59 Å². The number of nitrogens with two attached hydrogens (primary N) is 1. The third kappa shape index (κ3) is 4.13. The third-order valence-corrected chi connectivity index (χ3v) is 4.62. The van der Waals surface area contributed by atoms with Gasteiger partial charge >= 0.3 is 0 Å². The Hall–Kier alpha value is -2.96. The van der Waals surface area contributed by atoms with Crippen molar-refractivity contribution >= 4 is 34.9 Å². The highest BCUT2D eigenvalue weighted by Gasteiger charge is 2.17. The van der Waals surface area contributed by atoms with Gasteiger partial charge in [-0.05, 0) is 42.5 Å². The molecule has 0 spiro atoms. The molecule has 0 aliphatic rings. The second-order valence-corrected chi connectivity index (χ2v) is 6.47. The van der Waals surface area contributed by atoms with E-state index in [0.717, 1.165) is 11.1 Å². The number of pyridine rings is 1. The number of aromatic nitrogens is 1. The van der Waals surface area contributed by atoms with E-state index in [9.17, 15) is 14.4 Å². The SMILES string of the molecule is Cc1cc([C@H](C)NC(=O)CN)ccc1C(=O)c1cccc2c(=O)[nH]ccc12.Cl. The fraction of sp³-hybridized carbons (Fsp3) is 0.190. The second-order valence-electron chi connectivity index (χ2n) is 6.47. The van der Waals surface area contributed by atoms with Crippen LogP contribution >= 0.6 is 12.4 Å². The third-order valence-electron chi connectivity index (χ3n) is 4.62. The number of aryl methyl sites for hydroxylation is 1. The lowest BCUT2D eigenvalue weighted by molar-refractivity contribution is -0.120. The first kappa shape index (κ1) is 21.3. The van der Waals surface area contributed by atoms with Gasteiger partial charge in [-0.1, -0.05) is 30.3 Å². The fourth-order valence-electron chi connectivity index (χ4n) is 3.16. The molecule has 6 nitrogen and oxygen atoms in total. The van der Waals surface area contributed by atoms with Gasteiger partial charge in [0, 0.05) is 22.7 Å². The average molecular weight is 400 g/mol. The number of carbonyl (C=O) groups is 2. The molecule has 28 heavy (non-hydrogen) atoms. The highest BCUT2D eigenvalue weighted by Crippen LogP contribution is 2.23. The van der Waals surface area contributed by atoms with Gasteiger partial charge in [0.2, 0.25) is 5.91 Å². The number of H-pyrrole nitrogens is 1. The van der Waals surface area contributed by atoms with E-state index in [1.165, 1.54) is 0 Å². The van der Waals surface area contributed by atoms with E-state index in [-0.39, 0.29) is 42.2 Å². The van der Waals surface area contributed by atoms with Crippen LogP contribution in [0.2, 0.25) is 0 Å². The van der Waals surface area contributed by atoms with Crippen LogP contribution in [-0.2, 0) is 4.79 Å². The highest BCUT2D eigenvalue weighted by molar-refractivity contribution is 6.16. The lowest BCUT2D eigenvalue weighted by atomic mass is 9.93. The lowest BCUT2D eigenvalue weighted by Gasteiger charge is -2.16. The van der Waals surface area contributed by atoms with Crippen LogP contribution in [0.1, 0.15) is 40.0 Å². The summed E-state index contributed by atoms with van der Waals surface area (Å²) in [6.45, 7) is 3.65. The zero-order valence-corrected chi connectivity index (χ0v) is 16.4. The first-order chi connectivity index (χ1) is 12.9. The molecule has 1 heterocycles. The molecule has 2 aromatic carbocycles. The van der Waals surface area contributed by atoms with Crippen LogP contribution in [0.15, 0.2) is 53.5 Å².